The fraction of sp³-hybridized carbons (Fsp3) is 0.417. The summed E-state index contributed by atoms with van der Waals surface area (Å²) >= 11 is 0. The highest BCUT2D eigenvalue weighted by molar-refractivity contribution is 5.70. The Balaban J connectivity index is 3.04. The first-order chi connectivity index (χ1) is 9.35. The fourth-order valence-electron chi connectivity index (χ4n) is 1.70. The summed E-state index contributed by atoms with van der Waals surface area (Å²) in [4.78, 5) is 21.2. The molecule has 0 saturated carbocycles. The molecule has 1 aromatic carbocycles. The summed E-state index contributed by atoms with van der Waals surface area (Å²) in [6, 6.07) is 1.29. The zero-order chi connectivity index (χ0) is 15.3. The minimum atomic E-state index is -1.66. The van der Waals surface area contributed by atoms with E-state index in [-0.39, 0.29) is 12.2 Å². The Morgan fingerprint density at radius 1 is 1.35 bits per heavy atom. The standard InChI is InChI=1S/C12H12F3NO4/c1-2-20-11(17)5-8(6-16(18)19)7-3-9(13)12(15)10(14)4-7/h3-4,8H,2,5-6H2,1H3/t8-/m0/s1. The van der Waals surface area contributed by atoms with Crippen molar-refractivity contribution in [3.05, 3.63) is 45.3 Å². The summed E-state index contributed by atoms with van der Waals surface area (Å²) in [6.07, 6.45) is -0.417. The molecule has 0 aliphatic heterocycles. The van der Waals surface area contributed by atoms with Crippen molar-refractivity contribution in [2.24, 2.45) is 0 Å². The molecular weight excluding hydrogens is 279 g/mol. The van der Waals surface area contributed by atoms with Gasteiger partial charge in [0.25, 0.3) is 0 Å². The number of nitrogens with zero attached hydrogens (tertiary/aromatic N) is 1. The Hall–Kier alpha value is -2.12. The van der Waals surface area contributed by atoms with Gasteiger partial charge in [-0.25, -0.2) is 13.2 Å². The van der Waals surface area contributed by atoms with Crippen molar-refractivity contribution in [1.82, 2.24) is 0 Å². The molecule has 5 nitrogen and oxygen atoms in total. The minimum absolute atomic E-state index is 0.0795. The second kappa shape index (κ2) is 6.88. The second-order valence-corrected chi connectivity index (χ2v) is 4.02. The molecule has 0 saturated heterocycles. The Labute approximate surface area is 112 Å². The van der Waals surface area contributed by atoms with Crippen LogP contribution in [-0.2, 0) is 9.53 Å². The topological polar surface area (TPSA) is 69.4 Å². The number of benzene rings is 1. The van der Waals surface area contributed by atoms with Gasteiger partial charge < -0.3 is 4.74 Å². The molecule has 0 bridgehead atoms. The van der Waals surface area contributed by atoms with E-state index in [1.54, 1.807) is 6.92 Å². The van der Waals surface area contributed by atoms with Gasteiger partial charge in [0.15, 0.2) is 17.5 Å². The van der Waals surface area contributed by atoms with Gasteiger partial charge in [0.05, 0.1) is 18.9 Å². The van der Waals surface area contributed by atoms with Crippen molar-refractivity contribution in [2.75, 3.05) is 13.2 Å². The Morgan fingerprint density at radius 3 is 2.35 bits per heavy atom. The molecule has 0 unspecified atom stereocenters. The van der Waals surface area contributed by atoms with E-state index in [1.807, 2.05) is 0 Å². The van der Waals surface area contributed by atoms with E-state index in [1.165, 1.54) is 0 Å². The number of nitro groups is 1. The maximum Gasteiger partial charge on any atom is 0.306 e. The van der Waals surface area contributed by atoms with Crippen LogP contribution in [0.1, 0.15) is 24.8 Å². The lowest BCUT2D eigenvalue weighted by Crippen LogP contribution is -2.18. The van der Waals surface area contributed by atoms with E-state index in [9.17, 15) is 28.1 Å². The van der Waals surface area contributed by atoms with Gasteiger partial charge in [0, 0.05) is 4.92 Å². The third kappa shape index (κ3) is 4.22. The van der Waals surface area contributed by atoms with E-state index in [0.717, 1.165) is 0 Å². The van der Waals surface area contributed by atoms with Gasteiger partial charge in [-0.15, -0.1) is 0 Å². The van der Waals surface area contributed by atoms with Gasteiger partial charge in [-0.3, -0.25) is 14.9 Å². The van der Waals surface area contributed by atoms with Crippen LogP contribution in [0.25, 0.3) is 0 Å². The SMILES string of the molecule is CCOC(=O)C[C@@H](C[N+](=O)[O-])c1cc(F)c(F)c(F)c1. The van der Waals surface area contributed by atoms with Crippen LogP contribution in [0.4, 0.5) is 13.2 Å². The Bertz CT molecular complexity index is 498. The molecule has 0 N–H and O–H groups in total. The van der Waals surface area contributed by atoms with Gasteiger partial charge in [0.1, 0.15) is 0 Å². The van der Waals surface area contributed by atoms with Crippen molar-refractivity contribution in [2.45, 2.75) is 19.3 Å². The summed E-state index contributed by atoms with van der Waals surface area (Å²) in [6.45, 7) is 0.914. The van der Waals surface area contributed by atoms with E-state index in [0.29, 0.717) is 12.1 Å². The third-order valence-corrected chi connectivity index (χ3v) is 2.57. The average molecular weight is 291 g/mol. The molecule has 0 heterocycles. The molecule has 8 heteroatoms. The fourth-order valence-corrected chi connectivity index (χ4v) is 1.70. The average Bonchev–Trinajstić information content (AvgIpc) is 2.34. The highest BCUT2D eigenvalue weighted by Crippen LogP contribution is 2.24. The zero-order valence-electron chi connectivity index (χ0n) is 10.6. The first-order valence-corrected chi connectivity index (χ1v) is 5.77. The molecule has 1 rings (SSSR count). The van der Waals surface area contributed by atoms with Crippen LogP contribution in [0.3, 0.4) is 0 Å². The third-order valence-electron chi connectivity index (χ3n) is 2.57. The first-order valence-electron chi connectivity index (χ1n) is 5.77. The van der Waals surface area contributed by atoms with Crippen LogP contribution in [0.5, 0.6) is 0 Å². The van der Waals surface area contributed by atoms with Gasteiger partial charge in [-0.2, -0.15) is 0 Å². The number of esters is 1. The van der Waals surface area contributed by atoms with Crippen LogP contribution in [0, 0.1) is 27.6 Å². The predicted octanol–water partition coefficient (Wildman–Crippen LogP) is 2.42. The van der Waals surface area contributed by atoms with E-state index >= 15 is 0 Å². The van der Waals surface area contributed by atoms with Crippen LogP contribution in [0.15, 0.2) is 12.1 Å². The maximum absolute atomic E-state index is 13.1. The quantitative estimate of drug-likeness (QED) is 0.349. The monoisotopic (exact) mass is 291 g/mol. The summed E-state index contributed by atoms with van der Waals surface area (Å²) < 4.78 is 43.7. The van der Waals surface area contributed by atoms with Crippen LogP contribution < -0.4 is 0 Å². The molecule has 0 amide bonds. The summed E-state index contributed by atoms with van der Waals surface area (Å²) in [5.74, 6) is -6.41. The molecule has 20 heavy (non-hydrogen) atoms. The summed E-state index contributed by atoms with van der Waals surface area (Å²) in [5.41, 5.74) is -0.161. The molecule has 0 aliphatic carbocycles. The maximum atomic E-state index is 13.1. The first kappa shape index (κ1) is 15.9. The lowest BCUT2D eigenvalue weighted by atomic mass is 9.95. The predicted molar refractivity (Wildman–Crippen MR) is 62.2 cm³/mol. The highest BCUT2D eigenvalue weighted by atomic mass is 19.2. The molecule has 0 aliphatic rings. The van der Waals surface area contributed by atoms with E-state index in [2.05, 4.69) is 4.74 Å². The molecule has 1 atom stereocenters. The normalized spacial score (nSPS) is 12.0. The van der Waals surface area contributed by atoms with Crippen molar-refractivity contribution in [1.29, 1.82) is 0 Å². The molecule has 0 spiro atoms. The van der Waals surface area contributed by atoms with Crippen molar-refractivity contribution < 1.29 is 27.6 Å². The molecule has 110 valence electrons. The lowest BCUT2D eigenvalue weighted by molar-refractivity contribution is -0.483. The van der Waals surface area contributed by atoms with Crippen molar-refractivity contribution in [3.63, 3.8) is 0 Å². The highest BCUT2D eigenvalue weighted by Gasteiger charge is 2.25. The number of hydrogen-bond acceptors (Lipinski definition) is 4. The zero-order valence-corrected chi connectivity index (χ0v) is 10.6. The second-order valence-electron chi connectivity index (χ2n) is 4.02. The van der Waals surface area contributed by atoms with Crippen LogP contribution in [-0.4, -0.2) is 24.0 Å². The number of halogens is 3. The van der Waals surface area contributed by atoms with Gasteiger partial charge in [-0.05, 0) is 24.6 Å². The number of ether oxygens (including phenoxy) is 1. The van der Waals surface area contributed by atoms with Crippen molar-refractivity contribution >= 4 is 5.97 Å². The Kier molecular flexibility index (Phi) is 5.48. The largest absolute Gasteiger partial charge is 0.466 e. The van der Waals surface area contributed by atoms with Crippen LogP contribution in [0.2, 0.25) is 0 Å². The van der Waals surface area contributed by atoms with Crippen molar-refractivity contribution in [3.8, 4) is 0 Å². The number of carbonyl (C=O) groups is 1. The van der Waals surface area contributed by atoms with E-state index < -0.39 is 47.2 Å². The number of hydrogen-bond donors (Lipinski definition) is 0. The van der Waals surface area contributed by atoms with Gasteiger partial charge in [0.2, 0.25) is 6.54 Å². The summed E-state index contributed by atoms with van der Waals surface area (Å²) in [5, 5.41) is 10.6. The Morgan fingerprint density at radius 2 is 1.90 bits per heavy atom. The van der Waals surface area contributed by atoms with E-state index in [4.69, 9.17) is 0 Å². The molecule has 1 aromatic rings. The molecule has 0 aromatic heterocycles. The van der Waals surface area contributed by atoms with Gasteiger partial charge >= 0.3 is 5.97 Å². The van der Waals surface area contributed by atoms with Gasteiger partial charge in [-0.1, -0.05) is 0 Å². The smallest absolute Gasteiger partial charge is 0.306 e. The van der Waals surface area contributed by atoms with Crippen LogP contribution >= 0.6 is 0 Å². The molecule has 0 radical (unpaired) electrons. The number of rotatable bonds is 6. The number of carbonyl (C=O) groups excluding carboxylic acids is 1. The summed E-state index contributed by atoms with van der Waals surface area (Å²) in [7, 11) is 0. The molecular formula is C12H12F3NO4. The lowest BCUT2D eigenvalue weighted by Gasteiger charge is -2.13. The molecule has 0 fully saturated rings. The minimum Gasteiger partial charge on any atom is -0.466 e.